The van der Waals surface area contributed by atoms with Crippen LogP contribution in [-0.4, -0.2) is 17.2 Å². The summed E-state index contributed by atoms with van der Waals surface area (Å²) >= 11 is 5.39. The van der Waals surface area contributed by atoms with Crippen molar-refractivity contribution in [2.24, 2.45) is 5.73 Å². The molecule has 0 aliphatic carbocycles. The Morgan fingerprint density at radius 3 is 2.60 bits per heavy atom. The van der Waals surface area contributed by atoms with E-state index in [1.807, 2.05) is 0 Å². The molecule has 1 aromatic carbocycles. The number of rotatable bonds is 3. The lowest BCUT2D eigenvalue weighted by Gasteiger charge is -2.13. The predicted molar refractivity (Wildman–Crippen MR) is 50.5 cm³/mol. The highest BCUT2D eigenvalue weighted by molar-refractivity contribution is 6.30. The minimum atomic E-state index is -2.27. The number of carbonyl (C=O) groups excluding carboxylic acids is 1. The molecule has 0 radical (unpaired) electrons. The summed E-state index contributed by atoms with van der Waals surface area (Å²) in [6, 6.07) is 3.22. The van der Waals surface area contributed by atoms with Crippen LogP contribution in [0.3, 0.4) is 0 Å². The molecule has 82 valence electrons. The number of aliphatic hydroxyl groups is 1. The molecule has 0 aliphatic heterocycles. The molecule has 0 spiro atoms. The molecule has 0 aliphatic rings. The van der Waals surface area contributed by atoms with Gasteiger partial charge in [-0.2, -0.15) is 0 Å². The van der Waals surface area contributed by atoms with Gasteiger partial charge in [-0.15, -0.1) is 0 Å². The SMILES string of the molecule is NC(=O)C(F)C(O)c1ccc(Cl)c(F)c1. The van der Waals surface area contributed by atoms with Crippen LogP contribution >= 0.6 is 11.6 Å². The maximum absolute atomic E-state index is 13.0. The molecule has 1 aromatic rings. The third-order valence-electron chi connectivity index (χ3n) is 1.83. The Kier molecular flexibility index (Phi) is 3.60. The molecule has 1 rings (SSSR count). The van der Waals surface area contributed by atoms with Gasteiger partial charge in [-0.3, -0.25) is 4.79 Å². The Morgan fingerprint density at radius 2 is 2.13 bits per heavy atom. The van der Waals surface area contributed by atoms with Gasteiger partial charge in [-0.1, -0.05) is 17.7 Å². The van der Waals surface area contributed by atoms with Crippen molar-refractivity contribution in [1.29, 1.82) is 0 Å². The molecule has 3 N–H and O–H groups in total. The minimum absolute atomic E-state index is 0.0943. The van der Waals surface area contributed by atoms with Crippen LogP contribution < -0.4 is 5.73 Å². The Balaban J connectivity index is 2.96. The summed E-state index contributed by atoms with van der Waals surface area (Å²) in [7, 11) is 0. The summed E-state index contributed by atoms with van der Waals surface area (Å²) in [6.07, 6.45) is -4.06. The lowest BCUT2D eigenvalue weighted by Crippen LogP contribution is -2.30. The monoisotopic (exact) mass is 235 g/mol. The van der Waals surface area contributed by atoms with Gasteiger partial charge in [0.2, 0.25) is 6.17 Å². The molecule has 6 heteroatoms. The summed E-state index contributed by atoms with van der Waals surface area (Å²) in [5, 5.41) is 9.14. The van der Waals surface area contributed by atoms with Crippen molar-refractivity contribution in [3.05, 3.63) is 34.6 Å². The van der Waals surface area contributed by atoms with E-state index < -0.39 is 24.0 Å². The number of aliphatic hydroxyl groups excluding tert-OH is 1. The fraction of sp³-hybridized carbons (Fsp3) is 0.222. The summed E-state index contributed by atoms with van der Waals surface area (Å²) in [6.45, 7) is 0. The van der Waals surface area contributed by atoms with Crippen LogP contribution in [-0.2, 0) is 4.79 Å². The molecule has 2 atom stereocenters. The lowest BCUT2D eigenvalue weighted by molar-refractivity contribution is -0.126. The van der Waals surface area contributed by atoms with Gasteiger partial charge in [0.1, 0.15) is 11.9 Å². The highest BCUT2D eigenvalue weighted by atomic mass is 35.5. The minimum Gasteiger partial charge on any atom is -0.385 e. The van der Waals surface area contributed by atoms with Gasteiger partial charge >= 0.3 is 0 Å². The second kappa shape index (κ2) is 4.55. The van der Waals surface area contributed by atoms with E-state index in [2.05, 4.69) is 5.73 Å². The molecule has 2 unspecified atom stereocenters. The van der Waals surface area contributed by atoms with Crippen LogP contribution in [0.25, 0.3) is 0 Å². The lowest BCUT2D eigenvalue weighted by atomic mass is 10.1. The molecule has 0 saturated carbocycles. The van der Waals surface area contributed by atoms with Crippen molar-refractivity contribution in [3.63, 3.8) is 0 Å². The number of hydrogen-bond donors (Lipinski definition) is 2. The number of benzene rings is 1. The highest BCUT2D eigenvalue weighted by Crippen LogP contribution is 2.23. The Labute approximate surface area is 89.5 Å². The zero-order chi connectivity index (χ0) is 11.6. The first kappa shape index (κ1) is 11.9. The molecule has 0 saturated heterocycles. The number of alkyl halides is 1. The van der Waals surface area contributed by atoms with Crippen molar-refractivity contribution in [1.82, 2.24) is 0 Å². The van der Waals surface area contributed by atoms with Gasteiger partial charge in [0, 0.05) is 0 Å². The van der Waals surface area contributed by atoms with E-state index in [-0.39, 0.29) is 10.6 Å². The van der Waals surface area contributed by atoms with E-state index in [0.717, 1.165) is 12.1 Å². The van der Waals surface area contributed by atoms with E-state index in [4.69, 9.17) is 11.6 Å². The molecule has 0 bridgehead atoms. The van der Waals surface area contributed by atoms with Crippen LogP contribution in [0.1, 0.15) is 11.7 Å². The van der Waals surface area contributed by atoms with Gasteiger partial charge < -0.3 is 10.8 Å². The fourth-order valence-electron chi connectivity index (χ4n) is 1.02. The van der Waals surface area contributed by atoms with E-state index >= 15 is 0 Å². The first-order chi connectivity index (χ1) is 6.93. The summed E-state index contributed by atoms with van der Waals surface area (Å²) in [5.74, 6) is -2.11. The third kappa shape index (κ3) is 2.64. The average molecular weight is 236 g/mol. The average Bonchev–Trinajstić information content (AvgIpc) is 2.19. The molecular formula is C9H8ClF2NO2. The molecule has 15 heavy (non-hydrogen) atoms. The second-order valence-electron chi connectivity index (χ2n) is 2.92. The molecular weight excluding hydrogens is 228 g/mol. The van der Waals surface area contributed by atoms with Gasteiger partial charge in [-0.25, -0.2) is 8.78 Å². The van der Waals surface area contributed by atoms with Gasteiger partial charge in [0.15, 0.2) is 0 Å². The maximum Gasteiger partial charge on any atom is 0.255 e. The quantitative estimate of drug-likeness (QED) is 0.830. The molecule has 3 nitrogen and oxygen atoms in total. The Hall–Kier alpha value is -1.20. The number of carbonyl (C=O) groups is 1. The van der Waals surface area contributed by atoms with Crippen molar-refractivity contribution < 1.29 is 18.7 Å². The Bertz CT molecular complexity index is 386. The van der Waals surface area contributed by atoms with Gasteiger partial charge in [-0.05, 0) is 17.7 Å². The van der Waals surface area contributed by atoms with Gasteiger partial charge in [0.05, 0.1) is 5.02 Å². The van der Waals surface area contributed by atoms with Crippen molar-refractivity contribution in [2.75, 3.05) is 0 Å². The van der Waals surface area contributed by atoms with Crippen LogP contribution in [0.4, 0.5) is 8.78 Å². The van der Waals surface area contributed by atoms with E-state index in [1.165, 1.54) is 6.07 Å². The molecule has 1 amide bonds. The number of amides is 1. The first-order valence-corrected chi connectivity index (χ1v) is 4.37. The summed E-state index contributed by atoms with van der Waals surface area (Å²) in [5.41, 5.74) is 4.55. The largest absolute Gasteiger partial charge is 0.385 e. The van der Waals surface area contributed by atoms with Crippen LogP contribution in [0, 0.1) is 5.82 Å². The zero-order valence-corrected chi connectivity index (χ0v) is 8.21. The third-order valence-corrected chi connectivity index (χ3v) is 2.14. The number of hydrogen-bond acceptors (Lipinski definition) is 2. The normalized spacial score (nSPS) is 14.7. The van der Waals surface area contributed by atoms with Crippen LogP contribution in [0.5, 0.6) is 0 Å². The second-order valence-corrected chi connectivity index (χ2v) is 3.33. The maximum atomic E-state index is 13.0. The smallest absolute Gasteiger partial charge is 0.255 e. The highest BCUT2D eigenvalue weighted by Gasteiger charge is 2.25. The first-order valence-electron chi connectivity index (χ1n) is 4.00. The zero-order valence-electron chi connectivity index (χ0n) is 7.45. The van der Waals surface area contributed by atoms with Crippen molar-refractivity contribution >= 4 is 17.5 Å². The topological polar surface area (TPSA) is 63.3 Å². The standard InChI is InChI=1S/C9H8ClF2NO2/c10-5-2-1-4(3-6(5)11)8(14)7(12)9(13)15/h1-3,7-8,14H,(H2,13,15). The number of primary amides is 1. The van der Waals surface area contributed by atoms with Crippen molar-refractivity contribution in [2.45, 2.75) is 12.3 Å². The van der Waals surface area contributed by atoms with E-state index in [9.17, 15) is 18.7 Å². The number of nitrogens with two attached hydrogens (primary N) is 1. The number of halogens is 3. The fourth-order valence-corrected chi connectivity index (χ4v) is 1.14. The van der Waals surface area contributed by atoms with E-state index in [0.29, 0.717) is 0 Å². The molecule has 0 fully saturated rings. The van der Waals surface area contributed by atoms with Crippen LogP contribution in [0.15, 0.2) is 18.2 Å². The summed E-state index contributed by atoms with van der Waals surface area (Å²) < 4.78 is 25.9. The van der Waals surface area contributed by atoms with Gasteiger partial charge in [0.25, 0.3) is 5.91 Å². The Morgan fingerprint density at radius 1 is 1.53 bits per heavy atom. The van der Waals surface area contributed by atoms with E-state index in [1.54, 1.807) is 0 Å². The molecule has 0 aromatic heterocycles. The molecule has 0 heterocycles. The van der Waals surface area contributed by atoms with Crippen LogP contribution in [0.2, 0.25) is 5.02 Å². The predicted octanol–water partition coefficient (Wildman–Crippen LogP) is 1.34. The summed E-state index contributed by atoms with van der Waals surface area (Å²) in [4.78, 5) is 10.4. The van der Waals surface area contributed by atoms with Crippen molar-refractivity contribution in [3.8, 4) is 0 Å².